The minimum absolute atomic E-state index is 0.0164. The normalized spacial score (nSPS) is 12.0. The largest absolute Gasteiger partial charge is 0.352 e. The maximum atomic E-state index is 6.05. The van der Waals surface area contributed by atoms with E-state index in [9.17, 15) is 0 Å². The lowest BCUT2D eigenvalue weighted by molar-refractivity contribution is -0.161. The fraction of sp³-hybridized carbons (Fsp3) is 1.00. The molecule has 0 saturated carbocycles. The van der Waals surface area contributed by atoms with E-state index in [-0.39, 0.29) is 6.29 Å². The predicted molar refractivity (Wildman–Crippen MR) is 88.0 cm³/mol. The van der Waals surface area contributed by atoms with Crippen molar-refractivity contribution in [1.29, 1.82) is 0 Å². The van der Waals surface area contributed by atoms with E-state index < -0.39 is 0 Å². The molecule has 0 radical (unpaired) electrons. The van der Waals surface area contributed by atoms with Gasteiger partial charge >= 0.3 is 0 Å². The van der Waals surface area contributed by atoms with Crippen LogP contribution in [0.5, 0.6) is 0 Å². The summed E-state index contributed by atoms with van der Waals surface area (Å²) in [6, 6.07) is 0. The molecule has 0 aromatic carbocycles. The Balaban J connectivity index is 4.11. The van der Waals surface area contributed by atoms with Crippen LogP contribution >= 0.6 is 0 Å². The number of hydrogen-bond acceptors (Lipinski definition) is 2. The van der Waals surface area contributed by atoms with Gasteiger partial charge < -0.3 is 9.47 Å². The van der Waals surface area contributed by atoms with Gasteiger partial charge in [0.1, 0.15) is 0 Å². The third-order valence-electron chi connectivity index (χ3n) is 4.39. The highest BCUT2D eigenvalue weighted by Crippen LogP contribution is 2.16. The van der Waals surface area contributed by atoms with Gasteiger partial charge in [-0.3, -0.25) is 0 Å². The summed E-state index contributed by atoms with van der Waals surface area (Å²) in [5.74, 6) is 1.36. The van der Waals surface area contributed by atoms with Crippen molar-refractivity contribution < 1.29 is 9.47 Å². The zero-order valence-corrected chi connectivity index (χ0v) is 14.6. The standard InChI is InChI=1S/C18H38O2/c1-6-11-12-13-18(19-14-16(7-2)8-3)20-15-17(9-4)10-5/h16-18H,6-15H2,1-5H3. The van der Waals surface area contributed by atoms with Gasteiger partial charge in [-0.25, -0.2) is 0 Å². The highest BCUT2D eigenvalue weighted by atomic mass is 16.7. The number of hydrogen-bond donors (Lipinski definition) is 0. The van der Waals surface area contributed by atoms with E-state index in [0.29, 0.717) is 11.8 Å². The minimum Gasteiger partial charge on any atom is -0.352 e. The van der Waals surface area contributed by atoms with Gasteiger partial charge in [-0.2, -0.15) is 0 Å². The second-order valence-electron chi connectivity index (χ2n) is 5.96. The Morgan fingerprint density at radius 3 is 1.45 bits per heavy atom. The monoisotopic (exact) mass is 286 g/mol. The van der Waals surface area contributed by atoms with Crippen LogP contribution in [0.1, 0.15) is 86.0 Å². The molecule has 0 spiro atoms. The summed E-state index contributed by atoms with van der Waals surface area (Å²) in [5, 5.41) is 0. The molecule has 0 bridgehead atoms. The van der Waals surface area contributed by atoms with Crippen LogP contribution in [0.15, 0.2) is 0 Å². The van der Waals surface area contributed by atoms with E-state index in [1.807, 2.05) is 0 Å². The minimum atomic E-state index is 0.0164. The first-order chi connectivity index (χ1) is 9.71. The molecule has 0 heterocycles. The van der Waals surface area contributed by atoms with Gasteiger partial charge in [0, 0.05) is 0 Å². The Morgan fingerprint density at radius 1 is 0.650 bits per heavy atom. The highest BCUT2D eigenvalue weighted by Gasteiger charge is 2.14. The molecule has 0 aliphatic carbocycles. The Morgan fingerprint density at radius 2 is 1.10 bits per heavy atom. The van der Waals surface area contributed by atoms with Gasteiger partial charge in [-0.1, -0.05) is 73.1 Å². The topological polar surface area (TPSA) is 18.5 Å². The van der Waals surface area contributed by atoms with Crippen LogP contribution in [0, 0.1) is 11.8 Å². The van der Waals surface area contributed by atoms with Crippen molar-refractivity contribution in [3.8, 4) is 0 Å². The van der Waals surface area contributed by atoms with Crippen LogP contribution in [0.4, 0.5) is 0 Å². The van der Waals surface area contributed by atoms with Gasteiger partial charge in [0.05, 0.1) is 13.2 Å². The fourth-order valence-corrected chi connectivity index (χ4v) is 2.31. The van der Waals surface area contributed by atoms with Crippen molar-refractivity contribution in [2.24, 2.45) is 11.8 Å². The van der Waals surface area contributed by atoms with Crippen LogP contribution in [0.3, 0.4) is 0 Å². The van der Waals surface area contributed by atoms with Crippen LogP contribution < -0.4 is 0 Å². The molecule has 0 aliphatic heterocycles. The van der Waals surface area contributed by atoms with Crippen molar-refractivity contribution >= 4 is 0 Å². The van der Waals surface area contributed by atoms with Crippen LogP contribution in [-0.4, -0.2) is 19.5 Å². The molecule has 122 valence electrons. The third-order valence-corrected chi connectivity index (χ3v) is 4.39. The van der Waals surface area contributed by atoms with E-state index in [1.165, 1.54) is 44.9 Å². The second-order valence-corrected chi connectivity index (χ2v) is 5.96. The van der Waals surface area contributed by atoms with Crippen molar-refractivity contribution in [1.82, 2.24) is 0 Å². The van der Waals surface area contributed by atoms with E-state index >= 15 is 0 Å². The summed E-state index contributed by atoms with van der Waals surface area (Å²) in [5.41, 5.74) is 0. The molecule has 2 nitrogen and oxygen atoms in total. The summed E-state index contributed by atoms with van der Waals surface area (Å²) in [4.78, 5) is 0. The molecule has 0 aliphatic rings. The molecule has 0 aromatic rings. The highest BCUT2D eigenvalue weighted by molar-refractivity contribution is 4.57. The molecule has 0 saturated heterocycles. The lowest BCUT2D eigenvalue weighted by Crippen LogP contribution is -2.24. The first-order valence-corrected chi connectivity index (χ1v) is 8.94. The molecule has 0 atom stereocenters. The van der Waals surface area contributed by atoms with E-state index in [2.05, 4.69) is 34.6 Å². The molecule has 0 rings (SSSR count). The summed E-state index contributed by atoms with van der Waals surface area (Å²) in [6.07, 6.45) is 9.61. The third kappa shape index (κ3) is 9.77. The zero-order valence-electron chi connectivity index (χ0n) is 14.6. The van der Waals surface area contributed by atoms with Gasteiger partial charge in [0.2, 0.25) is 0 Å². The zero-order chi connectivity index (χ0) is 15.2. The van der Waals surface area contributed by atoms with Crippen molar-refractivity contribution in [3.63, 3.8) is 0 Å². The van der Waals surface area contributed by atoms with E-state index in [4.69, 9.17) is 9.47 Å². The summed E-state index contributed by atoms with van der Waals surface area (Å²) < 4.78 is 12.1. The maximum Gasteiger partial charge on any atom is 0.157 e. The smallest absolute Gasteiger partial charge is 0.157 e. The fourth-order valence-electron chi connectivity index (χ4n) is 2.31. The van der Waals surface area contributed by atoms with Gasteiger partial charge in [0.15, 0.2) is 6.29 Å². The SMILES string of the molecule is CCCCCC(OCC(CC)CC)OCC(CC)CC. The Kier molecular flexibility index (Phi) is 13.8. The second kappa shape index (κ2) is 13.9. The number of unbranched alkanes of at least 4 members (excludes halogenated alkanes) is 2. The molecular formula is C18H38O2. The Hall–Kier alpha value is -0.0800. The van der Waals surface area contributed by atoms with E-state index in [1.54, 1.807) is 0 Å². The number of rotatable bonds is 14. The van der Waals surface area contributed by atoms with Crippen LogP contribution in [-0.2, 0) is 9.47 Å². The number of ether oxygens (including phenoxy) is 2. The maximum absolute atomic E-state index is 6.05. The predicted octanol–water partition coefficient (Wildman–Crippen LogP) is 5.80. The van der Waals surface area contributed by atoms with Crippen LogP contribution in [0.2, 0.25) is 0 Å². The Bertz CT molecular complexity index is 170. The van der Waals surface area contributed by atoms with Crippen LogP contribution in [0.25, 0.3) is 0 Å². The molecule has 0 unspecified atom stereocenters. The molecule has 0 aromatic heterocycles. The van der Waals surface area contributed by atoms with Crippen molar-refractivity contribution in [3.05, 3.63) is 0 Å². The molecule has 20 heavy (non-hydrogen) atoms. The molecule has 0 fully saturated rings. The van der Waals surface area contributed by atoms with E-state index in [0.717, 1.165) is 19.6 Å². The molecular weight excluding hydrogens is 248 g/mol. The lowest BCUT2D eigenvalue weighted by atomic mass is 10.1. The first kappa shape index (κ1) is 19.9. The summed E-state index contributed by atoms with van der Waals surface area (Å²) >= 11 is 0. The first-order valence-electron chi connectivity index (χ1n) is 8.94. The molecule has 2 heteroatoms. The average molecular weight is 286 g/mol. The van der Waals surface area contributed by atoms with Crippen molar-refractivity contribution in [2.45, 2.75) is 92.3 Å². The lowest BCUT2D eigenvalue weighted by Gasteiger charge is -2.23. The van der Waals surface area contributed by atoms with Gasteiger partial charge in [0.25, 0.3) is 0 Å². The summed E-state index contributed by atoms with van der Waals surface area (Å²) in [7, 11) is 0. The van der Waals surface area contributed by atoms with Gasteiger partial charge in [-0.15, -0.1) is 0 Å². The van der Waals surface area contributed by atoms with Gasteiger partial charge in [-0.05, 0) is 24.7 Å². The Labute approximate surface area is 127 Å². The summed E-state index contributed by atoms with van der Waals surface area (Å²) in [6.45, 7) is 12.9. The molecule has 0 amide bonds. The average Bonchev–Trinajstić information content (AvgIpc) is 2.48. The molecule has 0 N–H and O–H groups in total. The van der Waals surface area contributed by atoms with Crippen molar-refractivity contribution in [2.75, 3.05) is 13.2 Å². The quantitative estimate of drug-likeness (QED) is 0.297.